The van der Waals surface area contributed by atoms with Gasteiger partial charge in [-0.1, -0.05) is 20.3 Å². The minimum absolute atomic E-state index is 0.921. The predicted molar refractivity (Wildman–Crippen MR) is 31.9 cm³/mol. The zero-order valence-corrected chi connectivity index (χ0v) is 5.15. The molecule has 1 rings (SSSR count). The Bertz CT molecular complexity index is 51.1. The van der Waals surface area contributed by atoms with Gasteiger partial charge in [0, 0.05) is 0 Å². The molecule has 2 unspecified atom stereocenters. The maximum Gasteiger partial charge on any atom is -0.0676 e. The van der Waals surface area contributed by atoms with Crippen LogP contribution in [0.15, 0.2) is 0 Å². The molecule has 0 saturated heterocycles. The summed E-state index contributed by atoms with van der Waals surface area (Å²) in [6.07, 6.45) is 5.24. The second kappa shape index (κ2) is 1.85. The number of hydrogen-bond acceptors (Lipinski definition) is 0. The third kappa shape index (κ3) is 0.960. The van der Waals surface area contributed by atoms with E-state index in [-0.39, 0.29) is 0 Å². The van der Waals surface area contributed by atoms with Gasteiger partial charge in [0.15, 0.2) is 0 Å². The highest BCUT2D eigenvalue weighted by Crippen LogP contribution is 2.33. The topological polar surface area (TPSA) is 0 Å². The highest BCUT2D eigenvalue weighted by atomic mass is 14.3. The molecule has 1 aliphatic rings. The molecule has 0 aromatic rings. The van der Waals surface area contributed by atoms with E-state index in [0.29, 0.717) is 0 Å². The maximum absolute atomic E-state index is 2.44. The van der Waals surface area contributed by atoms with Crippen LogP contribution in [0, 0.1) is 18.3 Å². The molecule has 1 aliphatic carbocycles. The van der Waals surface area contributed by atoms with Crippen molar-refractivity contribution in [3.8, 4) is 0 Å². The van der Waals surface area contributed by atoms with E-state index in [1.165, 1.54) is 12.8 Å². The molecule has 1 saturated carbocycles. The van der Waals surface area contributed by atoms with Crippen LogP contribution in [0.5, 0.6) is 0 Å². The first kappa shape index (κ1) is 5.14. The fraction of sp³-hybridized carbons (Fsp3) is 0.857. The van der Waals surface area contributed by atoms with E-state index in [1.54, 1.807) is 0 Å². The molecule has 0 spiro atoms. The quantitative estimate of drug-likeness (QED) is 0.440. The summed E-state index contributed by atoms with van der Waals surface area (Å²) in [6, 6.07) is 0. The average Bonchev–Trinajstić information content (AvgIpc) is 1.58. The van der Waals surface area contributed by atoms with Crippen molar-refractivity contribution in [1.29, 1.82) is 0 Å². The van der Waals surface area contributed by atoms with Crippen molar-refractivity contribution in [1.82, 2.24) is 0 Å². The summed E-state index contributed by atoms with van der Waals surface area (Å²) in [5, 5.41) is 0. The Morgan fingerprint density at radius 3 is 2.43 bits per heavy atom. The second-order valence-electron chi connectivity index (χ2n) is 2.57. The van der Waals surface area contributed by atoms with Crippen LogP contribution < -0.4 is 0 Å². The minimum atomic E-state index is 0.921. The van der Waals surface area contributed by atoms with Gasteiger partial charge >= 0.3 is 0 Å². The average molecular weight is 97.2 g/mol. The normalized spacial score (nSPS) is 40.3. The van der Waals surface area contributed by atoms with Crippen LogP contribution in [0.3, 0.4) is 0 Å². The molecular weight excluding hydrogens is 84.1 g/mol. The Labute approximate surface area is 45.9 Å². The molecule has 0 aromatic carbocycles. The van der Waals surface area contributed by atoms with E-state index >= 15 is 0 Å². The fourth-order valence-electron chi connectivity index (χ4n) is 1.21. The van der Waals surface area contributed by atoms with Crippen molar-refractivity contribution in [3.63, 3.8) is 0 Å². The molecule has 42 valence electrons. The van der Waals surface area contributed by atoms with E-state index in [9.17, 15) is 0 Å². The van der Waals surface area contributed by atoms with E-state index in [2.05, 4.69) is 20.3 Å². The van der Waals surface area contributed by atoms with Gasteiger partial charge in [-0.2, -0.15) is 11.8 Å². The minimum Gasteiger partial charge on any atom is -0.323 e. The predicted octanol–water partition coefficient (Wildman–Crippen LogP) is 2.26. The van der Waals surface area contributed by atoms with Crippen LogP contribution in [0.25, 0.3) is 0 Å². The molecule has 0 nitrogen and oxygen atoms in total. The standard InChI is InChI=1S/C7H13/c1-3-7-4-6(2)5-7/h4,6-7H,3,5H2,1-2H3/q-1. The Kier molecular flexibility index (Phi) is 1.36. The van der Waals surface area contributed by atoms with Crippen LogP contribution in [0.1, 0.15) is 26.7 Å². The number of hydrogen-bond donors (Lipinski definition) is 0. The van der Waals surface area contributed by atoms with Crippen molar-refractivity contribution in [2.45, 2.75) is 26.7 Å². The summed E-state index contributed by atoms with van der Waals surface area (Å²) >= 11 is 0. The molecule has 2 atom stereocenters. The highest BCUT2D eigenvalue weighted by Gasteiger charge is 2.10. The Hall–Kier alpha value is 0. The van der Waals surface area contributed by atoms with Gasteiger partial charge in [-0.3, -0.25) is 0 Å². The Balaban J connectivity index is 2.06. The molecule has 1 fully saturated rings. The van der Waals surface area contributed by atoms with Crippen molar-refractivity contribution < 1.29 is 0 Å². The first-order valence-corrected chi connectivity index (χ1v) is 3.18. The van der Waals surface area contributed by atoms with Gasteiger partial charge in [-0.25, -0.2) is 0 Å². The van der Waals surface area contributed by atoms with Crippen LogP contribution in [-0.2, 0) is 0 Å². The Morgan fingerprint density at radius 2 is 2.29 bits per heavy atom. The first-order chi connectivity index (χ1) is 3.33. The number of rotatable bonds is 1. The summed E-state index contributed by atoms with van der Waals surface area (Å²) in [6.45, 7) is 4.54. The lowest BCUT2D eigenvalue weighted by molar-refractivity contribution is 0.317. The van der Waals surface area contributed by atoms with Gasteiger partial charge in [0.2, 0.25) is 0 Å². The molecule has 0 aromatic heterocycles. The van der Waals surface area contributed by atoms with Gasteiger partial charge in [0.05, 0.1) is 0 Å². The smallest absolute Gasteiger partial charge is 0.0676 e. The van der Waals surface area contributed by atoms with Gasteiger partial charge in [-0.05, 0) is 0 Å². The molecule has 0 N–H and O–H groups in total. The van der Waals surface area contributed by atoms with Crippen molar-refractivity contribution in [2.24, 2.45) is 11.8 Å². The van der Waals surface area contributed by atoms with Crippen LogP contribution in [-0.4, -0.2) is 0 Å². The SMILES string of the molecule is CCC1[CH-]C(C)C1. The van der Waals surface area contributed by atoms with Crippen molar-refractivity contribution >= 4 is 0 Å². The zero-order chi connectivity index (χ0) is 5.28. The maximum atomic E-state index is 2.44. The van der Waals surface area contributed by atoms with Crippen LogP contribution >= 0.6 is 0 Å². The zero-order valence-electron chi connectivity index (χ0n) is 5.15. The monoisotopic (exact) mass is 97.1 g/mol. The summed E-state index contributed by atoms with van der Waals surface area (Å²) < 4.78 is 0. The molecule has 0 bridgehead atoms. The van der Waals surface area contributed by atoms with Crippen molar-refractivity contribution in [3.05, 3.63) is 6.42 Å². The Morgan fingerprint density at radius 1 is 1.71 bits per heavy atom. The van der Waals surface area contributed by atoms with Crippen LogP contribution in [0.4, 0.5) is 0 Å². The molecular formula is C7H13-. The summed E-state index contributed by atoms with van der Waals surface area (Å²) in [5.74, 6) is 1.89. The molecule has 0 heteroatoms. The summed E-state index contributed by atoms with van der Waals surface area (Å²) in [7, 11) is 0. The van der Waals surface area contributed by atoms with Gasteiger partial charge in [0.1, 0.15) is 0 Å². The second-order valence-corrected chi connectivity index (χ2v) is 2.57. The lowest BCUT2D eigenvalue weighted by Crippen LogP contribution is -2.20. The van der Waals surface area contributed by atoms with Crippen molar-refractivity contribution in [2.75, 3.05) is 0 Å². The summed E-state index contributed by atoms with van der Waals surface area (Å²) in [5.41, 5.74) is 0. The van der Waals surface area contributed by atoms with Gasteiger partial charge < -0.3 is 6.42 Å². The van der Waals surface area contributed by atoms with Gasteiger partial charge in [0.25, 0.3) is 0 Å². The lowest BCUT2D eigenvalue weighted by Gasteiger charge is -2.44. The first-order valence-electron chi connectivity index (χ1n) is 3.18. The molecule has 0 aliphatic heterocycles. The van der Waals surface area contributed by atoms with Crippen LogP contribution in [0.2, 0.25) is 0 Å². The fourth-order valence-corrected chi connectivity index (χ4v) is 1.21. The summed E-state index contributed by atoms with van der Waals surface area (Å²) in [4.78, 5) is 0. The largest absolute Gasteiger partial charge is 0.323 e. The lowest BCUT2D eigenvalue weighted by atomic mass is 9.75. The van der Waals surface area contributed by atoms with E-state index in [4.69, 9.17) is 0 Å². The van der Waals surface area contributed by atoms with Gasteiger partial charge in [-0.15, -0.1) is 6.42 Å². The highest BCUT2D eigenvalue weighted by molar-refractivity contribution is 4.92. The van der Waals surface area contributed by atoms with E-state index in [1.807, 2.05) is 0 Å². The third-order valence-corrected chi connectivity index (χ3v) is 1.80. The molecule has 0 radical (unpaired) electrons. The van der Waals surface area contributed by atoms with E-state index in [0.717, 1.165) is 11.8 Å². The molecule has 0 heterocycles. The van der Waals surface area contributed by atoms with E-state index < -0.39 is 0 Å². The molecule has 7 heavy (non-hydrogen) atoms. The third-order valence-electron chi connectivity index (χ3n) is 1.80. The molecule has 0 amide bonds.